The summed E-state index contributed by atoms with van der Waals surface area (Å²) < 4.78 is 6.43. The van der Waals surface area contributed by atoms with E-state index >= 15 is 0 Å². The molecule has 2 heterocycles. The van der Waals surface area contributed by atoms with Gasteiger partial charge in [0, 0.05) is 56.1 Å². The summed E-state index contributed by atoms with van der Waals surface area (Å²) >= 11 is 0. The lowest BCUT2D eigenvalue weighted by atomic mass is 9.54. The van der Waals surface area contributed by atoms with Crippen LogP contribution in [0.15, 0.2) is 174 Å². The molecule has 0 radical (unpaired) electrons. The highest BCUT2D eigenvalue weighted by Gasteiger charge is 2.63. The van der Waals surface area contributed by atoms with Crippen LogP contribution in [0, 0.1) is 5.92 Å². The summed E-state index contributed by atoms with van der Waals surface area (Å²) in [5, 5.41) is 6.07. The van der Waals surface area contributed by atoms with Crippen LogP contribution < -0.4 is 10.2 Å². The molecule has 2 atom stereocenters. The van der Waals surface area contributed by atoms with Crippen LogP contribution in [0.3, 0.4) is 0 Å². The molecule has 1 fully saturated rings. The minimum Gasteiger partial charge on any atom is -0.455 e. The van der Waals surface area contributed by atoms with Gasteiger partial charge in [0.1, 0.15) is 11.2 Å². The summed E-state index contributed by atoms with van der Waals surface area (Å²) in [5.74, 6) is 0.653. The number of benzene rings is 7. The summed E-state index contributed by atoms with van der Waals surface area (Å²) in [6.45, 7) is 0. The second-order valence-corrected chi connectivity index (χ2v) is 14.2. The lowest BCUT2D eigenvalue weighted by molar-refractivity contribution is 0.215. The van der Waals surface area contributed by atoms with E-state index in [0.29, 0.717) is 5.92 Å². The number of hydrogen-bond acceptors (Lipinski definition) is 3. The Kier molecular flexibility index (Phi) is 6.06. The van der Waals surface area contributed by atoms with E-state index in [0.717, 1.165) is 50.0 Å². The minimum atomic E-state index is 0.150. The lowest BCUT2D eigenvalue weighted by Gasteiger charge is -2.59. The fraction of sp³-hybridized carbons (Fsp3) is 0.0833. The maximum absolute atomic E-state index is 6.43. The Hall–Kier alpha value is -6.32. The van der Waals surface area contributed by atoms with Crippen molar-refractivity contribution in [3.05, 3.63) is 175 Å². The quantitative estimate of drug-likeness (QED) is 0.193. The Morgan fingerprint density at radius 1 is 0.569 bits per heavy atom. The molecule has 1 spiro atoms. The molecule has 2 aliphatic carbocycles. The summed E-state index contributed by atoms with van der Waals surface area (Å²) in [7, 11) is 0. The minimum absolute atomic E-state index is 0.150. The molecule has 8 aromatic rings. The van der Waals surface area contributed by atoms with Crippen LogP contribution in [0.2, 0.25) is 0 Å². The van der Waals surface area contributed by atoms with E-state index in [1.54, 1.807) is 0 Å². The van der Waals surface area contributed by atoms with Crippen molar-refractivity contribution in [2.75, 3.05) is 10.2 Å². The highest BCUT2D eigenvalue weighted by atomic mass is 16.3. The van der Waals surface area contributed by atoms with E-state index in [-0.39, 0.29) is 5.54 Å². The summed E-state index contributed by atoms with van der Waals surface area (Å²) in [6.07, 6.45) is 5.03. The fourth-order valence-electron chi connectivity index (χ4n) is 8.96. The zero-order valence-corrected chi connectivity index (χ0v) is 28.0. The normalized spacial score (nSPS) is 18.4. The van der Waals surface area contributed by atoms with Crippen molar-refractivity contribution in [2.24, 2.45) is 5.92 Å². The van der Waals surface area contributed by atoms with Crippen molar-refractivity contribution in [1.82, 2.24) is 0 Å². The van der Waals surface area contributed by atoms with E-state index in [9.17, 15) is 0 Å². The summed E-state index contributed by atoms with van der Waals surface area (Å²) in [4.78, 5) is 2.62. The van der Waals surface area contributed by atoms with Crippen LogP contribution in [0.5, 0.6) is 0 Å². The molecule has 3 aliphatic rings. The third-order valence-corrected chi connectivity index (χ3v) is 11.5. The maximum Gasteiger partial charge on any atom is 0.143 e. The van der Waals surface area contributed by atoms with Gasteiger partial charge in [-0.2, -0.15) is 0 Å². The third kappa shape index (κ3) is 4.18. The van der Waals surface area contributed by atoms with Gasteiger partial charge in [0.05, 0.1) is 5.54 Å². The fourth-order valence-corrected chi connectivity index (χ4v) is 8.96. The molecular formula is C48H34N2O. The monoisotopic (exact) mass is 654 g/mol. The summed E-state index contributed by atoms with van der Waals surface area (Å²) in [6, 6.07) is 58.9. The number of nitrogens with one attached hydrogen (secondary N) is 1. The van der Waals surface area contributed by atoms with Gasteiger partial charge in [0.25, 0.3) is 0 Å². The molecular weight excluding hydrogens is 621 g/mol. The van der Waals surface area contributed by atoms with E-state index in [1.165, 1.54) is 52.0 Å². The highest BCUT2D eigenvalue weighted by Crippen LogP contribution is 2.68. The molecule has 1 aromatic heterocycles. The number of nitrogens with zero attached hydrogens (tertiary/aromatic N) is 1. The zero-order chi connectivity index (χ0) is 33.5. The SMILES string of the molecule is C1=C2c3cc(-c4ccc(Nc5cc(-c6cccc7c6oc6ccccc67)ccc5-c5ccccc5)cc4)ccc3N(c3ccccc3)C23CC[C@H]13. The van der Waals surface area contributed by atoms with E-state index < -0.39 is 0 Å². The number of para-hydroxylation sites is 3. The van der Waals surface area contributed by atoms with Crippen LogP contribution in [0.25, 0.3) is 60.9 Å². The van der Waals surface area contributed by atoms with Crippen molar-refractivity contribution >= 4 is 50.3 Å². The van der Waals surface area contributed by atoms with Gasteiger partial charge in [-0.05, 0) is 89.2 Å². The molecule has 0 saturated heterocycles. The second-order valence-electron chi connectivity index (χ2n) is 14.2. The van der Waals surface area contributed by atoms with Gasteiger partial charge in [-0.15, -0.1) is 0 Å². The van der Waals surface area contributed by atoms with Gasteiger partial charge < -0.3 is 14.6 Å². The number of rotatable bonds is 6. The molecule has 1 aliphatic heterocycles. The maximum atomic E-state index is 6.43. The van der Waals surface area contributed by atoms with Gasteiger partial charge >= 0.3 is 0 Å². The Morgan fingerprint density at radius 3 is 2.12 bits per heavy atom. The topological polar surface area (TPSA) is 28.4 Å². The Balaban J connectivity index is 0.947. The average molecular weight is 655 g/mol. The number of fused-ring (bicyclic) bond motifs is 5. The van der Waals surface area contributed by atoms with Crippen LogP contribution >= 0.6 is 0 Å². The number of furan rings is 1. The van der Waals surface area contributed by atoms with Crippen LogP contribution in [-0.4, -0.2) is 5.54 Å². The van der Waals surface area contributed by atoms with Gasteiger partial charge in [-0.3, -0.25) is 0 Å². The Labute approximate surface area is 297 Å². The van der Waals surface area contributed by atoms with Crippen molar-refractivity contribution in [3.8, 4) is 33.4 Å². The second kappa shape index (κ2) is 10.8. The standard InChI is InChI=1S/C48H34N2O/c1-3-10-32(11-4-1)38-24-20-34(39-15-9-16-41-40-14-7-8-17-46(40)51-47(39)41)29-44(38)49-36-22-18-31(19-23-36)33-21-25-45-42(28-33)43-30-35-26-27-48(35,43)50(45)37-12-5-2-6-13-37/h1-25,28-30,35,49H,26-27H2/t35-,48?/m1/s1. The number of anilines is 4. The molecule has 242 valence electrons. The van der Waals surface area contributed by atoms with E-state index in [4.69, 9.17) is 4.42 Å². The third-order valence-electron chi connectivity index (χ3n) is 11.5. The molecule has 3 heteroatoms. The summed E-state index contributed by atoms with van der Waals surface area (Å²) in [5.41, 5.74) is 16.6. The predicted octanol–water partition coefficient (Wildman–Crippen LogP) is 13.0. The lowest BCUT2D eigenvalue weighted by Crippen LogP contribution is -2.60. The Morgan fingerprint density at radius 2 is 1.31 bits per heavy atom. The van der Waals surface area contributed by atoms with Crippen molar-refractivity contribution < 1.29 is 4.42 Å². The molecule has 51 heavy (non-hydrogen) atoms. The first-order valence-corrected chi connectivity index (χ1v) is 17.9. The van der Waals surface area contributed by atoms with Gasteiger partial charge in [0.2, 0.25) is 0 Å². The first-order valence-electron chi connectivity index (χ1n) is 17.9. The Bertz CT molecular complexity index is 2670. The van der Waals surface area contributed by atoms with Crippen LogP contribution in [-0.2, 0) is 0 Å². The molecule has 7 aromatic carbocycles. The average Bonchev–Trinajstić information content (AvgIpc) is 3.70. The van der Waals surface area contributed by atoms with Crippen molar-refractivity contribution in [1.29, 1.82) is 0 Å². The van der Waals surface area contributed by atoms with Gasteiger partial charge in [-0.25, -0.2) is 0 Å². The number of hydrogen-bond donors (Lipinski definition) is 1. The zero-order valence-electron chi connectivity index (χ0n) is 28.0. The first kappa shape index (κ1) is 28.5. The first-order chi connectivity index (χ1) is 25.2. The molecule has 11 rings (SSSR count). The molecule has 3 nitrogen and oxygen atoms in total. The largest absolute Gasteiger partial charge is 0.455 e. The highest BCUT2D eigenvalue weighted by molar-refractivity contribution is 6.10. The van der Waals surface area contributed by atoms with Crippen LogP contribution in [0.4, 0.5) is 22.7 Å². The van der Waals surface area contributed by atoms with Gasteiger partial charge in [0.15, 0.2) is 0 Å². The molecule has 1 N–H and O–H groups in total. The van der Waals surface area contributed by atoms with Gasteiger partial charge in [-0.1, -0.05) is 121 Å². The molecule has 1 unspecified atom stereocenters. The molecule has 1 saturated carbocycles. The van der Waals surface area contributed by atoms with Crippen molar-refractivity contribution in [3.63, 3.8) is 0 Å². The van der Waals surface area contributed by atoms with Crippen LogP contribution in [0.1, 0.15) is 18.4 Å². The van der Waals surface area contributed by atoms with E-state index in [2.05, 4.69) is 168 Å². The smallest absolute Gasteiger partial charge is 0.143 e. The van der Waals surface area contributed by atoms with Crippen molar-refractivity contribution in [2.45, 2.75) is 18.4 Å². The van der Waals surface area contributed by atoms with E-state index in [1.807, 2.05) is 12.1 Å². The molecule has 0 amide bonds. The predicted molar refractivity (Wildman–Crippen MR) is 212 cm³/mol. The molecule has 0 bridgehead atoms.